The molecule has 1 unspecified atom stereocenters. The Balaban J connectivity index is 1.40. The highest BCUT2D eigenvalue weighted by atomic mass is 19.4. The molecule has 0 bridgehead atoms. The molecule has 6 nitrogen and oxygen atoms in total. The fourth-order valence-corrected chi connectivity index (χ4v) is 3.32. The van der Waals surface area contributed by atoms with Gasteiger partial charge in [0.25, 0.3) is 5.91 Å². The Morgan fingerprint density at radius 2 is 1.61 bits per heavy atom. The van der Waals surface area contributed by atoms with Crippen LogP contribution in [0.4, 0.5) is 13.2 Å². The lowest BCUT2D eigenvalue weighted by Gasteiger charge is -2.16. The predicted octanol–water partition coefficient (Wildman–Crippen LogP) is 2.60. The third-order valence-electron chi connectivity index (χ3n) is 4.99. The van der Waals surface area contributed by atoms with Crippen molar-refractivity contribution in [2.45, 2.75) is 19.1 Å². The van der Waals surface area contributed by atoms with Gasteiger partial charge in [-0.05, 0) is 29.8 Å². The van der Waals surface area contributed by atoms with Crippen LogP contribution in [0, 0.1) is 5.92 Å². The van der Waals surface area contributed by atoms with Crippen LogP contribution in [0.15, 0.2) is 54.6 Å². The highest BCUT2D eigenvalue weighted by Gasteiger charge is 2.34. The first-order valence-electron chi connectivity index (χ1n) is 9.79. The lowest BCUT2D eigenvalue weighted by Crippen LogP contribution is -2.38. The zero-order chi connectivity index (χ0) is 22.4. The van der Waals surface area contributed by atoms with Crippen molar-refractivity contribution in [3.05, 3.63) is 71.3 Å². The maximum Gasteiger partial charge on any atom is 0.416 e. The summed E-state index contributed by atoms with van der Waals surface area (Å²) in [4.78, 5) is 38.2. The number of hydrogen-bond acceptors (Lipinski definition) is 3. The number of hydrogen-bond donors (Lipinski definition) is 2. The Morgan fingerprint density at radius 1 is 0.968 bits per heavy atom. The van der Waals surface area contributed by atoms with Gasteiger partial charge in [-0.15, -0.1) is 0 Å². The van der Waals surface area contributed by atoms with E-state index >= 15 is 0 Å². The van der Waals surface area contributed by atoms with Gasteiger partial charge in [0.2, 0.25) is 11.8 Å². The Hall–Kier alpha value is -3.36. The van der Waals surface area contributed by atoms with Gasteiger partial charge in [0.05, 0.1) is 11.5 Å². The van der Waals surface area contributed by atoms with Gasteiger partial charge in [0.1, 0.15) is 0 Å². The van der Waals surface area contributed by atoms with Gasteiger partial charge in [-0.2, -0.15) is 13.2 Å². The summed E-state index contributed by atoms with van der Waals surface area (Å²) < 4.78 is 37.7. The summed E-state index contributed by atoms with van der Waals surface area (Å²) in [6, 6.07) is 13.4. The van der Waals surface area contributed by atoms with Crippen molar-refractivity contribution < 1.29 is 27.6 Å². The van der Waals surface area contributed by atoms with Gasteiger partial charge < -0.3 is 15.5 Å². The monoisotopic (exact) mass is 433 g/mol. The molecule has 3 amide bonds. The van der Waals surface area contributed by atoms with E-state index in [2.05, 4.69) is 10.6 Å². The summed E-state index contributed by atoms with van der Waals surface area (Å²) in [5, 5.41) is 5.23. The molecule has 0 aliphatic carbocycles. The fraction of sp³-hybridized carbons (Fsp3) is 0.318. The van der Waals surface area contributed by atoms with Crippen molar-refractivity contribution in [1.82, 2.24) is 15.5 Å². The Kier molecular flexibility index (Phi) is 6.94. The maximum absolute atomic E-state index is 12.6. The molecule has 0 aromatic heterocycles. The Labute approximate surface area is 177 Å². The first-order chi connectivity index (χ1) is 14.7. The second-order valence-electron chi connectivity index (χ2n) is 7.28. The summed E-state index contributed by atoms with van der Waals surface area (Å²) in [6.45, 7) is 1.04. The van der Waals surface area contributed by atoms with Crippen molar-refractivity contribution in [1.29, 1.82) is 0 Å². The minimum Gasteiger partial charge on any atom is -0.354 e. The average Bonchev–Trinajstić information content (AvgIpc) is 3.11. The van der Waals surface area contributed by atoms with E-state index in [0.29, 0.717) is 13.1 Å². The van der Waals surface area contributed by atoms with Crippen LogP contribution >= 0.6 is 0 Å². The number of rotatable bonds is 7. The summed E-state index contributed by atoms with van der Waals surface area (Å²) in [5.41, 5.74) is 0.254. The maximum atomic E-state index is 12.6. The molecule has 0 saturated carbocycles. The highest BCUT2D eigenvalue weighted by molar-refractivity contribution is 5.94. The predicted molar refractivity (Wildman–Crippen MR) is 107 cm³/mol. The molecule has 164 valence electrons. The van der Waals surface area contributed by atoms with E-state index in [4.69, 9.17) is 0 Å². The minimum atomic E-state index is -4.46. The number of halogens is 3. The van der Waals surface area contributed by atoms with Crippen molar-refractivity contribution in [2.75, 3.05) is 19.6 Å². The van der Waals surface area contributed by atoms with E-state index in [9.17, 15) is 27.6 Å². The van der Waals surface area contributed by atoms with Crippen LogP contribution in [0.3, 0.4) is 0 Å². The molecular formula is C22H22F3N3O3. The van der Waals surface area contributed by atoms with Crippen molar-refractivity contribution >= 4 is 17.7 Å². The molecule has 0 radical (unpaired) electrons. The molecule has 1 atom stereocenters. The lowest BCUT2D eigenvalue weighted by molar-refractivity contribution is -0.137. The minimum absolute atomic E-state index is 0.0837. The normalized spacial score (nSPS) is 16.3. The third kappa shape index (κ3) is 6.07. The Bertz CT molecular complexity index is 931. The molecular weight excluding hydrogens is 411 g/mol. The van der Waals surface area contributed by atoms with E-state index in [1.165, 1.54) is 0 Å². The second kappa shape index (κ2) is 9.63. The zero-order valence-corrected chi connectivity index (χ0v) is 16.6. The SMILES string of the molecule is O=C(NCCNC(=O)C1CC(=O)N(Cc2ccccc2)C1)c1ccc(C(F)(F)F)cc1. The molecule has 1 saturated heterocycles. The van der Waals surface area contributed by atoms with Gasteiger partial charge in [0.15, 0.2) is 0 Å². The topological polar surface area (TPSA) is 78.5 Å². The number of nitrogens with zero attached hydrogens (tertiary/aromatic N) is 1. The summed E-state index contributed by atoms with van der Waals surface area (Å²) in [6.07, 6.45) is -4.33. The van der Waals surface area contributed by atoms with Gasteiger partial charge in [0, 0.05) is 38.2 Å². The van der Waals surface area contributed by atoms with Crippen LogP contribution in [0.25, 0.3) is 0 Å². The number of benzene rings is 2. The Morgan fingerprint density at radius 3 is 2.26 bits per heavy atom. The number of likely N-dealkylation sites (tertiary alicyclic amines) is 1. The second-order valence-corrected chi connectivity index (χ2v) is 7.28. The molecule has 2 N–H and O–H groups in total. The molecule has 9 heteroatoms. The number of amides is 3. The molecule has 2 aromatic carbocycles. The van der Waals surface area contributed by atoms with Gasteiger partial charge in [-0.25, -0.2) is 0 Å². The fourth-order valence-electron chi connectivity index (χ4n) is 3.32. The number of carbonyl (C=O) groups is 3. The van der Waals surface area contributed by atoms with E-state index in [1.807, 2.05) is 30.3 Å². The zero-order valence-electron chi connectivity index (χ0n) is 16.6. The van der Waals surface area contributed by atoms with Crippen LogP contribution in [-0.2, 0) is 22.3 Å². The molecule has 1 aliphatic rings. The molecule has 3 rings (SSSR count). The summed E-state index contributed by atoms with van der Waals surface area (Å²) in [7, 11) is 0. The largest absolute Gasteiger partial charge is 0.416 e. The van der Waals surface area contributed by atoms with Crippen molar-refractivity contribution in [3.63, 3.8) is 0 Å². The number of alkyl halides is 3. The number of nitrogens with one attached hydrogen (secondary N) is 2. The van der Waals surface area contributed by atoms with Crippen molar-refractivity contribution in [2.24, 2.45) is 5.92 Å². The molecule has 31 heavy (non-hydrogen) atoms. The summed E-state index contributed by atoms with van der Waals surface area (Å²) in [5.74, 6) is -1.35. The highest BCUT2D eigenvalue weighted by Crippen LogP contribution is 2.29. The number of carbonyl (C=O) groups excluding carboxylic acids is 3. The van der Waals surface area contributed by atoms with Crippen LogP contribution < -0.4 is 10.6 Å². The van der Waals surface area contributed by atoms with Crippen LogP contribution in [-0.4, -0.2) is 42.3 Å². The lowest BCUT2D eigenvalue weighted by atomic mass is 10.1. The molecule has 2 aromatic rings. The quantitative estimate of drug-likeness (QED) is 0.659. The standard InChI is InChI=1S/C22H22F3N3O3/c23-22(24,25)18-8-6-16(7-9-18)20(30)26-10-11-27-21(31)17-12-19(29)28(14-17)13-15-4-2-1-3-5-15/h1-9,17H,10-14H2,(H,26,30)(H,27,31). The molecule has 1 heterocycles. The smallest absolute Gasteiger partial charge is 0.354 e. The van der Waals surface area contributed by atoms with Crippen LogP contribution in [0.1, 0.15) is 27.9 Å². The van der Waals surface area contributed by atoms with Gasteiger partial charge >= 0.3 is 6.18 Å². The van der Waals surface area contributed by atoms with Crippen LogP contribution in [0.5, 0.6) is 0 Å². The molecule has 0 spiro atoms. The van der Waals surface area contributed by atoms with Gasteiger partial charge in [-0.3, -0.25) is 14.4 Å². The van der Waals surface area contributed by atoms with E-state index in [-0.39, 0.29) is 36.9 Å². The average molecular weight is 433 g/mol. The van der Waals surface area contributed by atoms with Gasteiger partial charge in [-0.1, -0.05) is 30.3 Å². The van der Waals surface area contributed by atoms with Crippen LogP contribution in [0.2, 0.25) is 0 Å². The van der Waals surface area contributed by atoms with Crippen molar-refractivity contribution in [3.8, 4) is 0 Å². The van der Waals surface area contributed by atoms with E-state index < -0.39 is 23.6 Å². The molecule has 1 fully saturated rings. The molecule has 1 aliphatic heterocycles. The third-order valence-corrected chi connectivity index (χ3v) is 4.99. The first-order valence-corrected chi connectivity index (χ1v) is 9.79. The summed E-state index contributed by atoms with van der Waals surface area (Å²) >= 11 is 0. The first kappa shape index (κ1) is 22.3. The van der Waals surface area contributed by atoms with E-state index in [0.717, 1.165) is 29.8 Å². The van der Waals surface area contributed by atoms with E-state index in [1.54, 1.807) is 4.90 Å².